The van der Waals surface area contributed by atoms with Crippen molar-refractivity contribution in [3.05, 3.63) is 64.7 Å². The number of nitriles is 1. The molecule has 0 aliphatic carbocycles. The van der Waals surface area contributed by atoms with E-state index in [1.54, 1.807) is 13.0 Å². The summed E-state index contributed by atoms with van der Waals surface area (Å²) >= 11 is 0. The van der Waals surface area contributed by atoms with E-state index >= 15 is 4.39 Å². The monoisotopic (exact) mass is 609 g/mol. The van der Waals surface area contributed by atoms with Gasteiger partial charge in [0.25, 0.3) is 5.56 Å². The maximum atomic E-state index is 15.0. The highest BCUT2D eigenvalue weighted by atomic mass is 32.2. The maximum Gasteiger partial charge on any atom is 0.301 e. The molecule has 0 amide bonds. The zero-order valence-electron chi connectivity index (χ0n) is 23.5. The number of ether oxygens (including phenoxy) is 2. The van der Waals surface area contributed by atoms with Gasteiger partial charge in [0.2, 0.25) is 5.95 Å². The minimum Gasteiger partial charge on any atom is -0.492 e. The van der Waals surface area contributed by atoms with Gasteiger partial charge in [-0.3, -0.25) is 14.1 Å². The molecule has 2 N–H and O–H groups in total. The van der Waals surface area contributed by atoms with Gasteiger partial charge in [0, 0.05) is 39.8 Å². The Morgan fingerprint density at radius 2 is 1.86 bits per heavy atom. The predicted molar refractivity (Wildman–Crippen MR) is 157 cm³/mol. The Hall–Kier alpha value is -4.85. The summed E-state index contributed by atoms with van der Waals surface area (Å²) in [6, 6.07) is 6.78. The fraction of sp³-hybridized carbons (Fsp3) is 0.296. The van der Waals surface area contributed by atoms with Crippen molar-refractivity contribution in [2.75, 3.05) is 56.5 Å². The Kier molecular flexibility index (Phi) is 8.39. The SMILES string of the molecule is CCN(C)S(=O)(=O)Nc1ccc(F)c(Oc2ccc3ncn(-c4cnc(N5CCNCC5)nc4)c(=O)c3c2OC)c1C#N. The second-order valence-electron chi connectivity index (χ2n) is 9.42. The molecule has 0 saturated carbocycles. The summed E-state index contributed by atoms with van der Waals surface area (Å²) in [6.07, 6.45) is 4.37. The van der Waals surface area contributed by atoms with E-state index in [4.69, 9.17) is 9.47 Å². The van der Waals surface area contributed by atoms with E-state index in [1.165, 1.54) is 49.6 Å². The van der Waals surface area contributed by atoms with E-state index in [0.717, 1.165) is 42.6 Å². The third kappa shape index (κ3) is 5.78. The van der Waals surface area contributed by atoms with Crippen LogP contribution in [0.1, 0.15) is 12.5 Å². The average molecular weight is 610 g/mol. The Bertz CT molecular complexity index is 1870. The third-order valence-electron chi connectivity index (χ3n) is 6.88. The Balaban J connectivity index is 1.55. The van der Waals surface area contributed by atoms with Crippen LogP contribution in [-0.4, -0.2) is 79.1 Å². The van der Waals surface area contributed by atoms with Crippen molar-refractivity contribution >= 4 is 32.7 Å². The van der Waals surface area contributed by atoms with Crippen LogP contribution < -0.4 is 30.0 Å². The van der Waals surface area contributed by atoms with Crippen molar-refractivity contribution in [3.8, 4) is 29.0 Å². The molecular formula is C27H28FN9O5S. The number of aromatic nitrogens is 4. The van der Waals surface area contributed by atoms with E-state index < -0.39 is 32.9 Å². The molecule has 3 heterocycles. The minimum atomic E-state index is -4.02. The lowest BCUT2D eigenvalue weighted by Crippen LogP contribution is -2.44. The average Bonchev–Trinajstić information content (AvgIpc) is 3.02. The van der Waals surface area contributed by atoms with Gasteiger partial charge in [0.05, 0.1) is 36.4 Å². The lowest BCUT2D eigenvalue weighted by atomic mass is 10.1. The van der Waals surface area contributed by atoms with E-state index in [0.29, 0.717) is 11.6 Å². The molecule has 2 aromatic heterocycles. The fourth-order valence-electron chi connectivity index (χ4n) is 4.44. The van der Waals surface area contributed by atoms with E-state index in [2.05, 4.69) is 25.0 Å². The van der Waals surface area contributed by atoms with Gasteiger partial charge in [-0.1, -0.05) is 6.92 Å². The first-order valence-electron chi connectivity index (χ1n) is 13.2. The Morgan fingerprint density at radius 1 is 1.14 bits per heavy atom. The number of methoxy groups -OCH3 is 1. The first-order chi connectivity index (χ1) is 20.7. The molecule has 1 saturated heterocycles. The van der Waals surface area contributed by atoms with Gasteiger partial charge in [0.15, 0.2) is 23.1 Å². The van der Waals surface area contributed by atoms with Crippen LogP contribution in [0.15, 0.2) is 47.8 Å². The highest BCUT2D eigenvalue weighted by Crippen LogP contribution is 2.40. The second-order valence-corrected chi connectivity index (χ2v) is 11.2. The van der Waals surface area contributed by atoms with Gasteiger partial charge in [0.1, 0.15) is 23.3 Å². The molecule has 0 radical (unpaired) electrons. The standard InChI is InChI=1S/C27H28FN9O5S/c1-4-35(2)43(39,40)34-20-6-5-19(28)24(18(20)13-29)42-22-8-7-21-23(25(22)41-3)26(38)37(16-33-21)17-14-31-27(32-15-17)36-11-9-30-10-12-36/h5-8,14-16,30,34H,4,9-12H2,1-3H3. The highest BCUT2D eigenvalue weighted by Gasteiger charge is 2.24. The summed E-state index contributed by atoms with van der Waals surface area (Å²) in [5.41, 5.74) is -0.487. The molecular weight excluding hydrogens is 581 g/mol. The molecule has 14 nitrogen and oxygen atoms in total. The summed E-state index contributed by atoms with van der Waals surface area (Å²) in [7, 11) is -1.37. The number of rotatable bonds is 9. The Morgan fingerprint density at radius 3 is 2.51 bits per heavy atom. The second kappa shape index (κ2) is 12.2. The van der Waals surface area contributed by atoms with Crippen LogP contribution in [-0.2, 0) is 10.2 Å². The van der Waals surface area contributed by atoms with Gasteiger partial charge >= 0.3 is 10.2 Å². The van der Waals surface area contributed by atoms with E-state index in [1.807, 2.05) is 4.90 Å². The largest absolute Gasteiger partial charge is 0.492 e. The molecule has 5 rings (SSSR count). The molecule has 1 fully saturated rings. The smallest absolute Gasteiger partial charge is 0.301 e. The van der Waals surface area contributed by atoms with Gasteiger partial charge in [-0.25, -0.2) is 19.3 Å². The number of piperazine rings is 1. The van der Waals surface area contributed by atoms with Gasteiger partial charge in [-0.2, -0.15) is 18.0 Å². The molecule has 0 unspecified atom stereocenters. The number of nitrogens with zero attached hydrogens (tertiary/aromatic N) is 7. The number of hydrogen-bond donors (Lipinski definition) is 2. The molecule has 43 heavy (non-hydrogen) atoms. The van der Waals surface area contributed by atoms with Crippen LogP contribution in [0.2, 0.25) is 0 Å². The van der Waals surface area contributed by atoms with Crippen LogP contribution in [0.25, 0.3) is 16.6 Å². The number of halogens is 1. The molecule has 0 bridgehead atoms. The van der Waals surface area contributed by atoms with Crippen molar-refractivity contribution in [1.29, 1.82) is 5.26 Å². The summed E-state index contributed by atoms with van der Waals surface area (Å²) in [5.74, 6) is -1.11. The summed E-state index contributed by atoms with van der Waals surface area (Å²) in [6.45, 7) is 4.95. The van der Waals surface area contributed by atoms with Crippen molar-refractivity contribution in [1.82, 2.24) is 29.1 Å². The zero-order chi connectivity index (χ0) is 30.7. The lowest BCUT2D eigenvalue weighted by molar-refractivity contribution is 0.374. The van der Waals surface area contributed by atoms with E-state index in [-0.39, 0.29) is 34.6 Å². The van der Waals surface area contributed by atoms with Gasteiger partial charge in [-0.15, -0.1) is 0 Å². The molecule has 4 aromatic rings. The quantitative estimate of drug-likeness (QED) is 0.285. The van der Waals surface area contributed by atoms with Crippen molar-refractivity contribution in [3.63, 3.8) is 0 Å². The first-order valence-corrected chi connectivity index (χ1v) is 14.6. The van der Waals surface area contributed by atoms with Crippen molar-refractivity contribution in [2.45, 2.75) is 6.92 Å². The number of hydrogen-bond acceptors (Lipinski definition) is 11. The van der Waals surface area contributed by atoms with Gasteiger partial charge in [-0.05, 0) is 24.3 Å². The third-order valence-corrected chi connectivity index (χ3v) is 8.44. The van der Waals surface area contributed by atoms with Gasteiger partial charge < -0.3 is 19.7 Å². The van der Waals surface area contributed by atoms with Crippen LogP contribution in [0, 0.1) is 17.1 Å². The summed E-state index contributed by atoms with van der Waals surface area (Å²) in [5, 5.41) is 13.1. The topological polar surface area (TPSA) is 168 Å². The first kappa shape index (κ1) is 29.6. The summed E-state index contributed by atoms with van der Waals surface area (Å²) < 4.78 is 56.1. The molecule has 1 aliphatic rings. The normalized spacial score (nSPS) is 13.6. The van der Waals surface area contributed by atoms with Crippen LogP contribution in [0.4, 0.5) is 16.0 Å². The zero-order valence-corrected chi connectivity index (χ0v) is 24.4. The Labute approximate surface area is 246 Å². The number of nitrogens with one attached hydrogen (secondary N) is 2. The molecule has 224 valence electrons. The number of anilines is 2. The van der Waals surface area contributed by atoms with Crippen molar-refractivity contribution in [2.24, 2.45) is 0 Å². The summed E-state index contributed by atoms with van der Waals surface area (Å²) in [4.78, 5) is 28.9. The van der Waals surface area contributed by atoms with Crippen LogP contribution in [0.3, 0.4) is 0 Å². The molecule has 2 aromatic carbocycles. The molecule has 0 spiro atoms. The maximum absolute atomic E-state index is 15.0. The molecule has 0 atom stereocenters. The predicted octanol–water partition coefficient (Wildman–Crippen LogP) is 2.01. The number of benzene rings is 2. The molecule has 1 aliphatic heterocycles. The highest BCUT2D eigenvalue weighted by molar-refractivity contribution is 7.90. The van der Waals surface area contributed by atoms with Crippen LogP contribution in [0.5, 0.6) is 17.2 Å². The van der Waals surface area contributed by atoms with Crippen molar-refractivity contribution < 1.29 is 22.3 Å². The molecule has 16 heteroatoms. The number of fused-ring (bicyclic) bond motifs is 1. The minimum absolute atomic E-state index is 0.0222. The van der Waals surface area contributed by atoms with E-state index in [9.17, 15) is 18.5 Å². The lowest BCUT2D eigenvalue weighted by Gasteiger charge is -2.27. The van der Waals surface area contributed by atoms with Crippen LogP contribution >= 0.6 is 0 Å². The fourth-order valence-corrected chi connectivity index (χ4v) is 5.39.